The van der Waals surface area contributed by atoms with Crippen LogP contribution in [0.1, 0.15) is 17.3 Å². The summed E-state index contributed by atoms with van der Waals surface area (Å²) in [6.07, 6.45) is -0.613. The molecular weight excluding hydrogens is 380 g/mol. The number of ether oxygens (including phenoxy) is 2. The molecule has 2 amide bonds. The van der Waals surface area contributed by atoms with Crippen LogP contribution in [-0.4, -0.2) is 61.0 Å². The van der Waals surface area contributed by atoms with E-state index in [0.29, 0.717) is 48.3 Å². The van der Waals surface area contributed by atoms with E-state index in [1.54, 1.807) is 60.2 Å². The van der Waals surface area contributed by atoms with Gasteiger partial charge in [0.1, 0.15) is 11.5 Å². The van der Waals surface area contributed by atoms with E-state index in [-0.39, 0.29) is 11.8 Å². The summed E-state index contributed by atoms with van der Waals surface area (Å²) >= 11 is 5.86. The average molecular weight is 403 g/mol. The number of para-hydroxylation sites is 1. The number of piperazine rings is 1. The Hall–Kier alpha value is -2.73. The average Bonchev–Trinajstić information content (AvgIpc) is 2.74. The maximum absolute atomic E-state index is 12.8. The molecule has 0 spiro atoms. The number of methoxy groups -OCH3 is 1. The second-order valence-corrected chi connectivity index (χ2v) is 6.97. The van der Waals surface area contributed by atoms with Gasteiger partial charge in [-0.2, -0.15) is 0 Å². The van der Waals surface area contributed by atoms with Crippen molar-refractivity contribution in [2.45, 2.75) is 13.0 Å². The zero-order chi connectivity index (χ0) is 20.1. The molecule has 2 aromatic carbocycles. The van der Waals surface area contributed by atoms with Gasteiger partial charge in [0.15, 0.2) is 6.10 Å². The molecule has 148 valence electrons. The molecule has 0 aliphatic carbocycles. The summed E-state index contributed by atoms with van der Waals surface area (Å²) in [4.78, 5) is 28.9. The SMILES string of the molecule is COc1ccccc1C(=O)N1CCN(C(=O)C(C)Oc2ccc(Cl)cc2)CC1. The lowest BCUT2D eigenvalue weighted by molar-refractivity contribution is -0.139. The fraction of sp³-hybridized carbons (Fsp3) is 0.333. The number of carbonyl (C=O) groups is 2. The van der Waals surface area contributed by atoms with Gasteiger partial charge in [0.2, 0.25) is 0 Å². The highest BCUT2D eigenvalue weighted by atomic mass is 35.5. The Kier molecular flexibility index (Phi) is 6.41. The first kappa shape index (κ1) is 20.0. The molecule has 7 heteroatoms. The van der Waals surface area contributed by atoms with Crippen LogP contribution >= 0.6 is 11.6 Å². The van der Waals surface area contributed by atoms with Gasteiger partial charge in [-0.25, -0.2) is 0 Å². The first-order chi connectivity index (χ1) is 13.5. The third kappa shape index (κ3) is 4.57. The summed E-state index contributed by atoms with van der Waals surface area (Å²) < 4.78 is 11.0. The molecular formula is C21H23ClN2O4. The predicted octanol–water partition coefficient (Wildman–Crippen LogP) is 3.10. The molecule has 1 heterocycles. The summed E-state index contributed by atoms with van der Waals surface area (Å²) in [5.74, 6) is 0.959. The van der Waals surface area contributed by atoms with Crippen molar-refractivity contribution in [2.75, 3.05) is 33.3 Å². The largest absolute Gasteiger partial charge is 0.496 e. The van der Waals surface area contributed by atoms with E-state index < -0.39 is 6.10 Å². The molecule has 0 saturated carbocycles. The van der Waals surface area contributed by atoms with E-state index in [4.69, 9.17) is 21.1 Å². The van der Waals surface area contributed by atoms with E-state index in [9.17, 15) is 9.59 Å². The Labute approximate surface area is 169 Å². The van der Waals surface area contributed by atoms with Crippen molar-refractivity contribution in [3.8, 4) is 11.5 Å². The summed E-state index contributed by atoms with van der Waals surface area (Å²) in [6, 6.07) is 14.1. The molecule has 2 aromatic rings. The fourth-order valence-electron chi connectivity index (χ4n) is 3.15. The van der Waals surface area contributed by atoms with Crippen molar-refractivity contribution < 1.29 is 19.1 Å². The molecule has 0 radical (unpaired) electrons. The predicted molar refractivity (Wildman–Crippen MR) is 107 cm³/mol. The van der Waals surface area contributed by atoms with Gasteiger partial charge in [0.25, 0.3) is 11.8 Å². The smallest absolute Gasteiger partial charge is 0.263 e. The van der Waals surface area contributed by atoms with Gasteiger partial charge in [-0.15, -0.1) is 0 Å². The Morgan fingerprint density at radius 2 is 1.57 bits per heavy atom. The Morgan fingerprint density at radius 1 is 0.964 bits per heavy atom. The molecule has 6 nitrogen and oxygen atoms in total. The van der Waals surface area contributed by atoms with Crippen LogP contribution in [0.2, 0.25) is 5.02 Å². The molecule has 1 fully saturated rings. The highest BCUT2D eigenvalue weighted by Gasteiger charge is 2.29. The maximum Gasteiger partial charge on any atom is 0.263 e. The van der Waals surface area contributed by atoms with Crippen molar-refractivity contribution in [1.29, 1.82) is 0 Å². The Balaban J connectivity index is 1.56. The Morgan fingerprint density at radius 3 is 2.21 bits per heavy atom. The van der Waals surface area contributed by atoms with E-state index in [1.807, 2.05) is 12.1 Å². The zero-order valence-electron chi connectivity index (χ0n) is 15.9. The monoisotopic (exact) mass is 402 g/mol. The van der Waals surface area contributed by atoms with Crippen molar-refractivity contribution in [1.82, 2.24) is 9.80 Å². The first-order valence-electron chi connectivity index (χ1n) is 9.13. The molecule has 1 atom stereocenters. The first-order valence-corrected chi connectivity index (χ1v) is 9.50. The van der Waals surface area contributed by atoms with E-state index >= 15 is 0 Å². The molecule has 1 saturated heterocycles. The van der Waals surface area contributed by atoms with Gasteiger partial charge in [-0.05, 0) is 43.3 Å². The number of hydrogen-bond acceptors (Lipinski definition) is 4. The van der Waals surface area contributed by atoms with E-state index in [2.05, 4.69) is 0 Å². The van der Waals surface area contributed by atoms with Crippen LogP contribution in [0.3, 0.4) is 0 Å². The van der Waals surface area contributed by atoms with E-state index in [0.717, 1.165) is 0 Å². The number of halogens is 1. The molecule has 0 N–H and O–H groups in total. The van der Waals surface area contributed by atoms with Gasteiger partial charge in [-0.1, -0.05) is 23.7 Å². The summed E-state index contributed by atoms with van der Waals surface area (Å²) in [5.41, 5.74) is 0.532. The van der Waals surface area contributed by atoms with Crippen molar-refractivity contribution in [3.63, 3.8) is 0 Å². The molecule has 1 aliphatic heterocycles. The minimum atomic E-state index is -0.613. The summed E-state index contributed by atoms with van der Waals surface area (Å²) in [6.45, 7) is 3.60. The lowest BCUT2D eigenvalue weighted by Crippen LogP contribution is -2.53. The van der Waals surface area contributed by atoms with Gasteiger partial charge in [0, 0.05) is 31.2 Å². The standard InChI is InChI=1S/C21H23ClN2O4/c1-15(28-17-9-7-16(22)8-10-17)20(25)23-11-13-24(14-12-23)21(26)18-5-3-4-6-19(18)27-2/h3-10,15H,11-14H2,1-2H3. The second-order valence-electron chi connectivity index (χ2n) is 6.53. The number of benzene rings is 2. The molecule has 0 aromatic heterocycles. The number of hydrogen-bond donors (Lipinski definition) is 0. The molecule has 0 bridgehead atoms. The molecule has 1 unspecified atom stereocenters. The number of rotatable bonds is 5. The van der Waals surface area contributed by atoms with Crippen LogP contribution in [0, 0.1) is 0 Å². The molecule has 1 aliphatic rings. The lowest BCUT2D eigenvalue weighted by atomic mass is 10.1. The van der Waals surface area contributed by atoms with E-state index in [1.165, 1.54) is 0 Å². The fourth-order valence-corrected chi connectivity index (χ4v) is 3.27. The van der Waals surface area contributed by atoms with Crippen LogP contribution in [0.4, 0.5) is 0 Å². The normalized spacial score (nSPS) is 15.1. The number of carbonyl (C=O) groups excluding carboxylic acids is 2. The van der Waals surface area contributed by atoms with Gasteiger partial charge in [-0.3, -0.25) is 9.59 Å². The van der Waals surface area contributed by atoms with Crippen LogP contribution in [0.15, 0.2) is 48.5 Å². The van der Waals surface area contributed by atoms with Crippen LogP contribution in [0.25, 0.3) is 0 Å². The minimum absolute atomic E-state index is 0.0880. The van der Waals surface area contributed by atoms with Gasteiger partial charge in [0.05, 0.1) is 12.7 Å². The van der Waals surface area contributed by atoms with Crippen molar-refractivity contribution in [2.24, 2.45) is 0 Å². The lowest BCUT2D eigenvalue weighted by Gasteiger charge is -2.36. The van der Waals surface area contributed by atoms with Crippen LogP contribution < -0.4 is 9.47 Å². The third-order valence-corrected chi connectivity index (χ3v) is 4.94. The Bertz CT molecular complexity index is 833. The van der Waals surface area contributed by atoms with Crippen molar-refractivity contribution >= 4 is 23.4 Å². The maximum atomic E-state index is 12.8. The number of nitrogens with zero attached hydrogens (tertiary/aromatic N) is 2. The van der Waals surface area contributed by atoms with Crippen LogP contribution in [-0.2, 0) is 4.79 Å². The van der Waals surface area contributed by atoms with Crippen LogP contribution in [0.5, 0.6) is 11.5 Å². The topological polar surface area (TPSA) is 59.1 Å². The molecule has 28 heavy (non-hydrogen) atoms. The van der Waals surface area contributed by atoms with Crippen molar-refractivity contribution in [3.05, 3.63) is 59.1 Å². The zero-order valence-corrected chi connectivity index (χ0v) is 16.7. The highest BCUT2D eigenvalue weighted by molar-refractivity contribution is 6.30. The number of amides is 2. The summed E-state index contributed by atoms with van der Waals surface area (Å²) in [5, 5.41) is 0.613. The minimum Gasteiger partial charge on any atom is -0.496 e. The highest BCUT2D eigenvalue weighted by Crippen LogP contribution is 2.21. The second kappa shape index (κ2) is 8.97. The van der Waals surface area contributed by atoms with Gasteiger partial charge >= 0.3 is 0 Å². The van der Waals surface area contributed by atoms with Gasteiger partial charge < -0.3 is 19.3 Å². The summed E-state index contributed by atoms with van der Waals surface area (Å²) in [7, 11) is 1.55. The quantitative estimate of drug-likeness (QED) is 0.771. The third-order valence-electron chi connectivity index (χ3n) is 4.69. The molecule has 3 rings (SSSR count).